The van der Waals surface area contributed by atoms with Gasteiger partial charge in [-0.25, -0.2) is 4.79 Å². The lowest BCUT2D eigenvalue weighted by Gasteiger charge is -2.41. The molecule has 126 valence electrons. The molecule has 1 fully saturated rings. The van der Waals surface area contributed by atoms with Gasteiger partial charge in [0.1, 0.15) is 0 Å². The lowest BCUT2D eigenvalue weighted by molar-refractivity contribution is 0.0930. The summed E-state index contributed by atoms with van der Waals surface area (Å²) in [6, 6.07) is 17.8. The molecule has 0 aliphatic carbocycles. The fourth-order valence-corrected chi connectivity index (χ4v) is 3.79. The first-order valence-corrected chi connectivity index (χ1v) is 8.37. The SMILES string of the molecule is CN(C(=O)O)[C@]1(Cc2ccccc2)CNC[C@H]1c1ccc(Cl)cc1. The summed E-state index contributed by atoms with van der Waals surface area (Å²) in [5.74, 6) is 0.0658. The molecule has 1 heterocycles. The molecule has 4 nitrogen and oxygen atoms in total. The Morgan fingerprint density at radius 2 is 1.92 bits per heavy atom. The van der Waals surface area contributed by atoms with Crippen molar-refractivity contribution in [3.63, 3.8) is 0 Å². The van der Waals surface area contributed by atoms with Gasteiger partial charge in [0, 0.05) is 31.1 Å². The van der Waals surface area contributed by atoms with Gasteiger partial charge in [-0.05, 0) is 29.7 Å². The van der Waals surface area contributed by atoms with Crippen molar-refractivity contribution in [3.05, 3.63) is 70.7 Å². The number of rotatable bonds is 4. The lowest BCUT2D eigenvalue weighted by Crippen LogP contribution is -2.55. The Hall–Kier alpha value is -2.04. The normalized spacial score (nSPS) is 23.2. The Balaban J connectivity index is 2.02. The molecule has 1 saturated heterocycles. The Kier molecular flexibility index (Phi) is 4.78. The number of hydrogen-bond acceptors (Lipinski definition) is 2. The highest BCUT2D eigenvalue weighted by Crippen LogP contribution is 2.39. The summed E-state index contributed by atoms with van der Waals surface area (Å²) in [5, 5.41) is 13.8. The molecule has 24 heavy (non-hydrogen) atoms. The molecule has 1 aliphatic heterocycles. The van der Waals surface area contributed by atoms with E-state index in [1.807, 2.05) is 42.5 Å². The first kappa shape index (κ1) is 16.8. The van der Waals surface area contributed by atoms with Crippen LogP contribution in [-0.2, 0) is 6.42 Å². The fourth-order valence-electron chi connectivity index (χ4n) is 3.67. The third-order valence-electron chi connectivity index (χ3n) is 5.01. The van der Waals surface area contributed by atoms with Crippen LogP contribution in [0.1, 0.15) is 17.0 Å². The first-order chi connectivity index (χ1) is 11.5. The highest BCUT2D eigenvalue weighted by molar-refractivity contribution is 6.30. The lowest BCUT2D eigenvalue weighted by atomic mass is 9.76. The van der Waals surface area contributed by atoms with E-state index in [2.05, 4.69) is 17.4 Å². The third-order valence-corrected chi connectivity index (χ3v) is 5.26. The average molecular weight is 345 g/mol. The maximum Gasteiger partial charge on any atom is 0.407 e. The zero-order valence-electron chi connectivity index (χ0n) is 13.6. The number of nitrogens with one attached hydrogen (secondary N) is 1. The van der Waals surface area contributed by atoms with E-state index >= 15 is 0 Å². The standard InChI is InChI=1S/C19H21ClN2O2/c1-22(18(23)24)19(11-14-5-3-2-4-6-14)13-21-12-17(19)15-7-9-16(20)10-8-15/h2-10,17,21H,11-13H2,1H3,(H,23,24)/t17-,19+/m0/s1. The minimum Gasteiger partial charge on any atom is -0.465 e. The highest BCUT2D eigenvalue weighted by Gasteiger charge is 2.48. The minimum atomic E-state index is -0.909. The van der Waals surface area contributed by atoms with Crippen molar-refractivity contribution < 1.29 is 9.90 Å². The van der Waals surface area contributed by atoms with Gasteiger partial charge in [0.25, 0.3) is 0 Å². The van der Waals surface area contributed by atoms with Crippen molar-refractivity contribution in [2.75, 3.05) is 20.1 Å². The van der Waals surface area contributed by atoms with Crippen molar-refractivity contribution in [2.24, 2.45) is 0 Å². The molecule has 0 unspecified atom stereocenters. The van der Waals surface area contributed by atoms with Gasteiger partial charge in [-0.15, -0.1) is 0 Å². The second-order valence-electron chi connectivity index (χ2n) is 6.34. The minimum absolute atomic E-state index is 0.0658. The molecule has 0 bridgehead atoms. The predicted octanol–water partition coefficient (Wildman–Crippen LogP) is 3.62. The van der Waals surface area contributed by atoms with Gasteiger partial charge in [0.15, 0.2) is 0 Å². The number of nitrogens with zero attached hydrogens (tertiary/aromatic N) is 1. The van der Waals surface area contributed by atoms with Gasteiger partial charge in [-0.2, -0.15) is 0 Å². The Bertz CT molecular complexity index is 705. The van der Waals surface area contributed by atoms with E-state index in [1.54, 1.807) is 7.05 Å². The number of hydrogen-bond donors (Lipinski definition) is 2. The zero-order chi connectivity index (χ0) is 17.2. The van der Waals surface area contributed by atoms with Gasteiger partial charge in [-0.1, -0.05) is 54.1 Å². The van der Waals surface area contributed by atoms with Crippen LogP contribution >= 0.6 is 11.6 Å². The summed E-state index contributed by atoms with van der Waals surface area (Å²) < 4.78 is 0. The highest BCUT2D eigenvalue weighted by atomic mass is 35.5. The van der Waals surface area contributed by atoms with Crippen LogP contribution in [0, 0.1) is 0 Å². The van der Waals surface area contributed by atoms with E-state index in [0.717, 1.165) is 17.7 Å². The van der Waals surface area contributed by atoms with Gasteiger partial charge < -0.3 is 15.3 Å². The third kappa shape index (κ3) is 3.12. The van der Waals surface area contributed by atoms with Crippen LogP contribution < -0.4 is 5.32 Å². The summed E-state index contributed by atoms with van der Waals surface area (Å²) in [6.07, 6.45) is -0.245. The van der Waals surface area contributed by atoms with Crippen LogP contribution in [0.5, 0.6) is 0 Å². The Morgan fingerprint density at radius 3 is 2.54 bits per heavy atom. The number of carbonyl (C=O) groups is 1. The predicted molar refractivity (Wildman–Crippen MR) is 95.7 cm³/mol. The zero-order valence-corrected chi connectivity index (χ0v) is 14.3. The molecule has 2 aromatic carbocycles. The van der Waals surface area contributed by atoms with Gasteiger partial charge in [0.2, 0.25) is 0 Å². The molecule has 3 rings (SSSR count). The maximum atomic E-state index is 11.8. The average Bonchev–Trinajstić information content (AvgIpc) is 3.00. The summed E-state index contributed by atoms with van der Waals surface area (Å²) in [6.45, 7) is 1.37. The number of carboxylic acid groups (broad SMARTS) is 1. The van der Waals surface area contributed by atoms with Crippen molar-refractivity contribution >= 4 is 17.7 Å². The van der Waals surface area contributed by atoms with E-state index in [9.17, 15) is 9.90 Å². The van der Waals surface area contributed by atoms with Crippen LogP contribution in [-0.4, -0.2) is 41.8 Å². The summed E-state index contributed by atoms with van der Waals surface area (Å²) in [4.78, 5) is 13.3. The molecule has 2 atom stereocenters. The second-order valence-corrected chi connectivity index (χ2v) is 6.78. The summed E-state index contributed by atoms with van der Waals surface area (Å²) in [7, 11) is 1.67. The quantitative estimate of drug-likeness (QED) is 0.890. The number of likely N-dealkylation sites (N-methyl/N-ethyl adjacent to an activating group) is 1. The van der Waals surface area contributed by atoms with Crippen molar-refractivity contribution in [1.29, 1.82) is 0 Å². The molecule has 5 heteroatoms. The first-order valence-electron chi connectivity index (χ1n) is 8.00. The van der Waals surface area contributed by atoms with Crippen molar-refractivity contribution in [2.45, 2.75) is 17.9 Å². The molecule has 0 radical (unpaired) electrons. The largest absolute Gasteiger partial charge is 0.465 e. The van der Waals surface area contributed by atoms with E-state index in [0.29, 0.717) is 18.0 Å². The molecule has 1 aliphatic rings. The van der Waals surface area contributed by atoms with E-state index < -0.39 is 11.6 Å². The topological polar surface area (TPSA) is 52.6 Å². The molecular weight excluding hydrogens is 324 g/mol. The van der Waals surface area contributed by atoms with Crippen LogP contribution in [0.3, 0.4) is 0 Å². The fraction of sp³-hybridized carbons (Fsp3) is 0.316. The van der Waals surface area contributed by atoms with Gasteiger partial charge in [0.05, 0.1) is 5.54 Å². The number of benzene rings is 2. The van der Waals surface area contributed by atoms with E-state index in [1.165, 1.54) is 4.90 Å². The number of amides is 1. The van der Waals surface area contributed by atoms with Gasteiger partial charge in [-0.3, -0.25) is 0 Å². The molecule has 0 aromatic heterocycles. The Labute approximate surface area is 147 Å². The van der Waals surface area contributed by atoms with Crippen LogP contribution in [0.25, 0.3) is 0 Å². The molecule has 2 aromatic rings. The molecular formula is C19H21ClN2O2. The molecule has 0 saturated carbocycles. The molecule has 0 spiro atoms. The van der Waals surface area contributed by atoms with Crippen LogP contribution in [0.2, 0.25) is 5.02 Å². The van der Waals surface area contributed by atoms with Crippen molar-refractivity contribution in [1.82, 2.24) is 10.2 Å². The second kappa shape index (κ2) is 6.83. The van der Waals surface area contributed by atoms with Crippen LogP contribution in [0.15, 0.2) is 54.6 Å². The van der Waals surface area contributed by atoms with E-state index in [4.69, 9.17) is 11.6 Å². The summed E-state index contributed by atoms with van der Waals surface area (Å²) >= 11 is 6.01. The van der Waals surface area contributed by atoms with Crippen molar-refractivity contribution in [3.8, 4) is 0 Å². The number of halogens is 1. The summed E-state index contributed by atoms with van der Waals surface area (Å²) in [5.41, 5.74) is 1.71. The Morgan fingerprint density at radius 1 is 1.25 bits per heavy atom. The molecule has 1 amide bonds. The smallest absolute Gasteiger partial charge is 0.407 e. The van der Waals surface area contributed by atoms with E-state index in [-0.39, 0.29) is 5.92 Å². The molecule has 2 N–H and O–H groups in total. The van der Waals surface area contributed by atoms with Crippen LogP contribution in [0.4, 0.5) is 4.79 Å². The maximum absolute atomic E-state index is 11.8. The monoisotopic (exact) mass is 344 g/mol. The van der Waals surface area contributed by atoms with Gasteiger partial charge >= 0.3 is 6.09 Å².